The molecule has 0 aliphatic heterocycles. The third kappa shape index (κ3) is 3.31. The predicted octanol–water partition coefficient (Wildman–Crippen LogP) is 2.62. The summed E-state index contributed by atoms with van der Waals surface area (Å²) in [6, 6.07) is 10.4. The van der Waals surface area contributed by atoms with Crippen molar-refractivity contribution in [3.63, 3.8) is 0 Å². The molecule has 1 aromatic carbocycles. The molecule has 1 aromatic heterocycles. The standard InChI is InChI=1S/C14H13ClN4O/c15-12-8-10(17)3-4-13(12)18-14(20)5-7-19-6-1-2-11(19)9-16/h1-4,6,8H,5,7,17H2,(H,18,20). The molecule has 0 bridgehead atoms. The van der Waals surface area contributed by atoms with Gasteiger partial charge in [0, 0.05) is 24.8 Å². The van der Waals surface area contributed by atoms with Crippen LogP contribution in [0.1, 0.15) is 12.1 Å². The van der Waals surface area contributed by atoms with Gasteiger partial charge in [0.1, 0.15) is 11.8 Å². The Morgan fingerprint density at radius 1 is 1.45 bits per heavy atom. The Hall–Kier alpha value is -2.45. The summed E-state index contributed by atoms with van der Waals surface area (Å²) >= 11 is 5.98. The van der Waals surface area contributed by atoms with E-state index in [1.807, 2.05) is 0 Å². The lowest BCUT2D eigenvalue weighted by atomic mass is 10.2. The molecule has 0 saturated heterocycles. The Morgan fingerprint density at radius 3 is 2.95 bits per heavy atom. The van der Waals surface area contributed by atoms with Crippen molar-refractivity contribution in [2.45, 2.75) is 13.0 Å². The number of aromatic nitrogens is 1. The number of nitrogens with two attached hydrogens (primary N) is 1. The highest BCUT2D eigenvalue weighted by Gasteiger charge is 2.07. The van der Waals surface area contributed by atoms with Crippen molar-refractivity contribution in [3.05, 3.63) is 47.2 Å². The van der Waals surface area contributed by atoms with Gasteiger partial charge < -0.3 is 15.6 Å². The average molecular weight is 289 g/mol. The second kappa shape index (κ2) is 6.13. The molecule has 0 saturated carbocycles. The van der Waals surface area contributed by atoms with Gasteiger partial charge in [-0.3, -0.25) is 4.79 Å². The van der Waals surface area contributed by atoms with Crippen LogP contribution in [0.2, 0.25) is 5.02 Å². The lowest BCUT2D eigenvalue weighted by molar-refractivity contribution is -0.116. The van der Waals surface area contributed by atoms with E-state index in [0.29, 0.717) is 28.6 Å². The molecule has 0 aliphatic carbocycles. The first-order chi connectivity index (χ1) is 9.60. The highest BCUT2D eigenvalue weighted by molar-refractivity contribution is 6.34. The molecule has 1 amide bonds. The summed E-state index contributed by atoms with van der Waals surface area (Å²) in [7, 11) is 0. The zero-order valence-electron chi connectivity index (χ0n) is 10.6. The number of nitrogen functional groups attached to an aromatic ring is 1. The van der Waals surface area contributed by atoms with Crippen LogP contribution >= 0.6 is 11.6 Å². The van der Waals surface area contributed by atoms with E-state index in [4.69, 9.17) is 22.6 Å². The summed E-state index contributed by atoms with van der Waals surface area (Å²) in [5.74, 6) is -0.172. The molecule has 3 N–H and O–H groups in total. The monoisotopic (exact) mass is 288 g/mol. The van der Waals surface area contributed by atoms with E-state index in [0.717, 1.165) is 0 Å². The van der Waals surface area contributed by atoms with Gasteiger partial charge in [0.2, 0.25) is 5.91 Å². The number of nitrogens with one attached hydrogen (secondary N) is 1. The number of nitrogens with zero attached hydrogens (tertiary/aromatic N) is 2. The molecule has 2 aromatic rings. The quantitative estimate of drug-likeness (QED) is 0.848. The van der Waals surface area contributed by atoms with E-state index in [1.54, 1.807) is 41.1 Å². The van der Waals surface area contributed by atoms with Crippen LogP contribution in [-0.2, 0) is 11.3 Å². The number of anilines is 2. The fourth-order valence-corrected chi connectivity index (χ4v) is 2.01. The maximum atomic E-state index is 11.8. The molecule has 1 heterocycles. The number of amides is 1. The Labute approximate surface area is 121 Å². The van der Waals surface area contributed by atoms with Crippen LogP contribution in [-0.4, -0.2) is 10.5 Å². The zero-order valence-corrected chi connectivity index (χ0v) is 11.4. The second-order valence-corrected chi connectivity index (χ2v) is 4.64. The largest absolute Gasteiger partial charge is 0.399 e. The van der Waals surface area contributed by atoms with Crippen molar-refractivity contribution in [2.75, 3.05) is 11.1 Å². The minimum absolute atomic E-state index is 0.172. The summed E-state index contributed by atoms with van der Waals surface area (Å²) in [5, 5.41) is 12.0. The molecule has 6 heteroatoms. The minimum atomic E-state index is -0.172. The lowest BCUT2D eigenvalue weighted by Crippen LogP contribution is -2.15. The van der Waals surface area contributed by atoms with Gasteiger partial charge in [-0.2, -0.15) is 5.26 Å². The molecule has 0 spiro atoms. The molecule has 0 atom stereocenters. The number of aryl methyl sites for hydroxylation is 1. The van der Waals surface area contributed by atoms with E-state index in [9.17, 15) is 4.79 Å². The van der Waals surface area contributed by atoms with Crippen molar-refractivity contribution < 1.29 is 4.79 Å². The number of carbonyl (C=O) groups is 1. The highest BCUT2D eigenvalue weighted by atomic mass is 35.5. The van der Waals surface area contributed by atoms with E-state index in [-0.39, 0.29) is 12.3 Å². The summed E-state index contributed by atoms with van der Waals surface area (Å²) in [6.07, 6.45) is 2.02. The first-order valence-electron chi connectivity index (χ1n) is 6.00. The van der Waals surface area contributed by atoms with Crippen LogP contribution in [0.4, 0.5) is 11.4 Å². The molecule has 102 valence electrons. The third-order valence-corrected chi connectivity index (χ3v) is 3.10. The van der Waals surface area contributed by atoms with Crippen molar-refractivity contribution in [1.29, 1.82) is 5.26 Å². The molecule has 0 radical (unpaired) electrons. The maximum absolute atomic E-state index is 11.8. The number of carbonyl (C=O) groups excluding carboxylic acids is 1. The molecule has 20 heavy (non-hydrogen) atoms. The summed E-state index contributed by atoms with van der Waals surface area (Å²) < 4.78 is 1.73. The number of nitriles is 1. The molecule has 0 aliphatic rings. The SMILES string of the molecule is N#Cc1cccn1CCC(=O)Nc1ccc(N)cc1Cl. The second-order valence-electron chi connectivity index (χ2n) is 4.24. The number of rotatable bonds is 4. The molecule has 0 fully saturated rings. The van der Waals surface area contributed by atoms with Gasteiger partial charge >= 0.3 is 0 Å². The first kappa shape index (κ1) is 14.0. The zero-order chi connectivity index (χ0) is 14.5. The van der Waals surface area contributed by atoms with Gasteiger partial charge in [-0.1, -0.05) is 11.6 Å². The molecule has 5 nitrogen and oxygen atoms in total. The van der Waals surface area contributed by atoms with Crippen molar-refractivity contribution in [3.8, 4) is 6.07 Å². The number of hydrogen-bond donors (Lipinski definition) is 2. The van der Waals surface area contributed by atoms with Crippen LogP contribution in [0, 0.1) is 11.3 Å². The average Bonchev–Trinajstić information content (AvgIpc) is 2.87. The van der Waals surface area contributed by atoms with Crippen molar-refractivity contribution in [1.82, 2.24) is 4.57 Å². The van der Waals surface area contributed by atoms with Crippen LogP contribution < -0.4 is 11.1 Å². The third-order valence-electron chi connectivity index (χ3n) is 2.79. The molecule has 2 rings (SSSR count). The number of benzene rings is 1. The van der Waals surface area contributed by atoms with E-state index < -0.39 is 0 Å². The Morgan fingerprint density at radius 2 is 2.25 bits per heavy atom. The van der Waals surface area contributed by atoms with Gasteiger partial charge in [-0.05, 0) is 30.3 Å². The Balaban J connectivity index is 1.95. The summed E-state index contributed by atoms with van der Waals surface area (Å²) in [5.41, 5.74) is 7.18. The Bertz CT molecular complexity index is 672. The summed E-state index contributed by atoms with van der Waals surface area (Å²) in [4.78, 5) is 11.8. The first-order valence-corrected chi connectivity index (χ1v) is 6.38. The van der Waals surface area contributed by atoms with Crippen LogP contribution in [0.5, 0.6) is 0 Å². The number of hydrogen-bond acceptors (Lipinski definition) is 3. The smallest absolute Gasteiger partial charge is 0.226 e. The topological polar surface area (TPSA) is 83.8 Å². The Kier molecular flexibility index (Phi) is 4.28. The van der Waals surface area contributed by atoms with Crippen LogP contribution in [0.3, 0.4) is 0 Å². The van der Waals surface area contributed by atoms with E-state index in [1.165, 1.54) is 0 Å². The van der Waals surface area contributed by atoms with Crippen molar-refractivity contribution in [2.24, 2.45) is 0 Å². The van der Waals surface area contributed by atoms with Gasteiger partial charge in [0.05, 0.1) is 10.7 Å². The lowest BCUT2D eigenvalue weighted by Gasteiger charge is -2.08. The van der Waals surface area contributed by atoms with Crippen LogP contribution in [0.15, 0.2) is 36.5 Å². The molecular formula is C14H13ClN4O. The van der Waals surface area contributed by atoms with Gasteiger partial charge in [-0.25, -0.2) is 0 Å². The predicted molar refractivity (Wildman–Crippen MR) is 78.3 cm³/mol. The maximum Gasteiger partial charge on any atom is 0.226 e. The fourth-order valence-electron chi connectivity index (χ4n) is 1.78. The molecule has 0 unspecified atom stereocenters. The minimum Gasteiger partial charge on any atom is -0.399 e. The van der Waals surface area contributed by atoms with E-state index >= 15 is 0 Å². The molecular weight excluding hydrogens is 276 g/mol. The van der Waals surface area contributed by atoms with Crippen LogP contribution in [0.25, 0.3) is 0 Å². The van der Waals surface area contributed by atoms with Gasteiger partial charge in [0.25, 0.3) is 0 Å². The normalized spacial score (nSPS) is 10.0. The highest BCUT2D eigenvalue weighted by Crippen LogP contribution is 2.24. The van der Waals surface area contributed by atoms with Gasteiger partial charge in [0.15, 0.2) is 0 Å². The van der Waals surface area contributed by atoms with Crippen molar-refractivity contribution >= 4 is 28.9 Å². The summed E-state index contributed by atoms with van der Waals surface area (Å²) in [6.45, 7) is 0.439. The fraction of sp³-hybridized carbons (Fsp3) is 0.143. The number of halogens is 1. The van der Waals surface area contributed by atoms with Gasteiger partial charge in [-0.15, -0.1) is 0 Å². The van der Waals surface area contributed by atoms with E-state index in [2.05, 4.69) is 11.4 Å².